The molecule has 1 aromatic heterocycles. The van der Waals surface area contributed by atoms with E-state index < -0.39 is 18.9 Å². The first-order valence-electron chi connectivity index (χ1n) is 5.03. The van der Waals surface area contributed by atoms with E-state index in [0.29, 0.717) is 6.54 Å². The minimum Gasteiger partial charge on any atom is -0.440 e. The Morgan fingerprint density at radius 1 is 1.44 bits per heavy atom. The number of nitrogens with one attached hydrogen (secondary N) is 1. The molecule has 0 aliphatic carbocycles. The number of carbonyl (C=O) groups excluding carboxylic acids is 1. The van der Waals surface area contributed by atoms with Crippen LogP contribution in [-0.2, 0) is 11.3 Å². The van der Waals surface area contributed by atoms with E-state index in [0.717, 1.165) is 0 Å². The summed E-state index contributed by atoms with van der Waals surface area (Å²) >= 11 is 0. The minimum atomic E-state index is -4.57. The molecule has 1 rings (SSSR count). The molecule has 0 radical (unpaired) electrons. The van der Waals surface area contributed by atoms with Crippen LogP contribution in [0, 0.1) is 0 Å². The molecule has 0 aromatic carbocycles. The molecular weight excluding hydrogens is 253 g/mol. The summed E-state index contributed by atoms with van der Waals surface area (Å²) in [7, 11) is 0. The van der Waals surface area contributed by atoms with E-state index in [4.69, 9.17) is 0 Å². The van der Waals surface area contributed by atoms with Crippen LogP contribution in [0.15, 0.2) is 23.1 Å². The van der Waals surface area contributed by atoms with Gasteiger partial charge in [-0.1, -0.05) is 0 Å². The number of amides is 1. The number of hydrogen-bond donors (Lipinski definition) is 1. The highest BCUT2D eigenvalue weighted by Gasteiger charge is 2.29. The van der Waals surface area contributed by atoms with Gasteiger partial charge < -0.3 is 9.30 Å². The first-order chi connectivity index (χ1) is 8.31. The molecule has 0 fully saturated rings. The number of ether oxygens (including phenoxy) is 1. The van der Waals surface area contributed by atoms with E-state index in [1.54, 1.807) is 6.92 Å². The Kier molecular flexibility index (Phi) is 4.35. The lowest BCUT2D eigenvalue weighted by atomic mass is 10.4. The van der Waals surface area contributed by atoms with Crippen LogP contribution in [0.5, 0.6) is 0 Å². The number of alkyl halides is 3. The lowest BCUT2D eigenvalue weighted by Gasteiger charge is -2.10. The van der Waals surface area contributed by atoms with E-state index in [1.165, 1.54) is 22.9 Å². The van der Waals surface area contributed by atoms with Crippen molar-refractivity contribution in [3.8, 4) is 0 Å². The number of aromatic nitrogens is 1. The standard InChI is InChI=1S/C10H11F3N2O3/c1-2-15-5-7(3-4-8(15)16)14-9(17)18-6-10(11,12)13/h3-5H,2,6H2,1H3,(H,14,17). The zero-order chi connectivity index (χ0) is 13.8. The smallest absolute Gasteiger partial charge is 0.422 e. The second-order valence-electron chi connectivity index (χ2n) is 3.36. The summed E-state index contributed by atoms with van der Waals surface area (Å²) in [6, 6.07) is 2.48. The molecular formula is C10H11F3N2O3. The van der Waals surface area contributed by atoms with Crippen LogP contribution < -0.4 is 10.9 Å². The van der Waals surface area contributed by atoms with Gasteiger partial charge in [-0.25, -0.2) is 4.79 Å². The fraction of sp³-hybridized carbons (Fsp3) is 0.400. The van der Waals surface area contributed by atoms with Gasteiger partial charge in [0.25, 0.3) is 5.56 Å². The number of carbonyl (C=O) groups is 1. The highest BCUT2D eigenvalue weighted by atomic mass is 19.4. The molecule has 1 amide bonds. The maximum Gasteiger partial charge on any atom is 0.422 e. The third-order valence-electron chi connectivity index (χ3n) is 1.94. The van der Waals surface area contributed by atoms with Crippen LogP contribution in [0.1, 0.15) is 6.92 Å². The van der Waals surface area contributed by atoms with Gasteiger partial charge in [0.1, 0.15) is 0 Å². The Balaban J connectivity index is 2.62. The normalized spacial score (nSPS) is 11.1. The van der Waals surface area contributed by atoms with Gasteiger partial charge in [-0.2, -0.15) is 13.2 Å². The van der Waals surface area contributed by atoms with Gasteiger partial charge in [-0.05, 0) is 13.0 Å². The van der Waals surface area contributed by atoms with Gasteiger partial charge >= 0.3 is 12.3 Å². The van der Waals surface area contributed by atoms with Gasteiger partial charge in [0, 0.05) is 18.8 Å². The number of pyridine rings is 1. The summed E-state index contributed by atoms with van der Waals surface area (Å²) in [5.41, 5.74) is -0.0877. The number of halogens is 3. The molecule has 0 saturated heterocycles. The van der Waals surface area contributed by atoms with E-state index in [-0.39, 0.29) is 11.2 Å². The van der Waals surface area contributed by atoms with Crippen LogP contribution >= 0.6 is 0 Å². The summed E-state index contributed by atoms with van der Waals surface area (Å²) in [6.07, 6.45) is -4.48. The topological polar surface area (TPSA) is 60.3 Å². The maximum atomic E-state index is 11.8. The van der Waals surface area contributed by atoms with Crippen LogP contribution in [-0.4, -0.2) is 23.4 Å². The van der Waals surface area contributed by atoms with Crippen molar-refractivity contribution in [2.75, 3.05) is 11.9 Å². The van der Waals surface area contributed by atoms with Crippen LogP contribution in [0.3, 0.4) is 0 Å². The van der Waals surface area contributed by atoms with E-state index >= 15 is 0 Å². The highest BCUT2D eigenvalue weighted by molar-refractivity contribution is 5.84. The summed E-state index contributed by atoms with van der Waals surface area (Å²) in [5, 5.41) is 2.10. The summed E-state index contributed by atoms with van der Waals surface area (Å²) in [4.78, 5) is 22.2. The fourth-order valence-corrected chi connectivity index (χ4v) is 1.15. The first kappa shape index (κ1) is 14.1. The lowest BCUT2D eigenvalue weighted by Crippen LogP contribution is -2.24. The maximum absolute atomic E-state index is 11.8. The van der Waals surface area contributed by atoms with Crippen molar-refractivity contribution in [1.82, 2.24) is 4.57 Å². The third-order valence-corrected chi connectivity index (χ3v) is 1.94. The van der Waals surface area contributed by atoms with Gasteiger partial charge in [-0.3, -0.25) is 10.1 Å². The summed E-state index contributed by atoms with van der Waals surface area (Å²) in [5.74, 6) is 0. The molecule has 1 heterocycles. The van der Waals surface area contributed by atoms with Crippen molar-refractivity contribution in [2.24, 2.45) is 0 Å². The summed E-state index contributed by atoms with van der Waals surface area (Å²) < 4.78 is 40.6. The quantitative estimate of drug-likeness (QED) is 0.908. The molecule has 5 nitrogen and oxygen atoms in total. The number of nitrogens with zero attached hydrogens (tertiary/aromatic N) is 1. The molecule has 100 valence electrons. The molecule has 0 aliphatic rings. The molecule has 0 atom stereocenters. The largest absolute Gasteiger partial charge is 0.440 e. The molecule has 0 aliphatic heterocycles. The average Bonchev–Trinajstić information content (AvgIpc) is 2.28. The lowest BCUT2D eigenvalue weighted by molar-refractivity contribution is -0.159. The molecule has 0 saturated carbocycles. The number of hydrogen-bond acceptors (Lipinski definition) is 3. The number of aryl methyl sites for hydroxylation is 1. The van der Waals surface area contributed by atoms with E-state index in [2.05, 4.69) is 10.1 Å². The predicted molar refractivity (Wildman–Crippen MR) is 57.4 cm³/mol. The van der Waals surface area contributed by atoms with Crippen LogP contribution in [0.4, 0.5) is 23.7 Å². The van der Waals surface area contributed by atoms with E-state index in [9.17, 15) is 22.8 Å². The van der Waals surface area contributed by atoms with Crippen molar-refractivity contribution < 1.29 is 22.7 Å². The van der Waals surface area contributed by atoms with Crippen molar-refractivity contribution >= 4 is 11.8 Å². The van der Waals surface area contributed by atoms with Gasteiger partial charge in [0.15, 0.2) is 6.61 Å². The highest BCUT2D eigenvalue weighted by Crippen LogP contribution is 2.15. The van der Waals surface area contributed by atoms with Crippen molar-refractivity contribution in [3.05, 3.63) is 28.7 Å². The Labute approximate surface area is 100 Å². The van der Waals surface area contributed by atoms with Crippen LogP contribution in [0.25, 0.3) is 0 Å². The monoisotopic (exact) mass is 264 g/mol. The molecule has 0 bridgehead atoms. The zero-order valence-electron chi connectivity index (χ0n) is 9.45. The Morgan fingerprint density at radius 2 is 2.11 bits per heavy atom. The fourth-order valence-electron chi connectivity index (χ4n) is 1.15. The van der Waals surface area contributed by atoms with Gasteiger partial charge in [0.2, 0.25) is 0 Å². The summed E-state index contributed by atoms with van der Waals surface area (Å²) in [6.45, 7) is 0.436. The second kappa shape index (κ2) is 5.56. The Morgan fingerprint density at radius 3 is 2.67 bits per heavy atom. The van der Waals surface area contributed by atoms with E-state index in [1.807, 2.05) is 0 Å². The zero-order valence-corrected chi connectivity index (χ0v) is 9.45. The molecule has 18 heavy (non-hydrogen) atoms. The Hall–Kier alpha value is -1.99. The van der Waals surface area contributed by atoms with Crippen LogP contribution in [0.2, 0.25) is 0 Å². The number of anilines is 1. The van der Waals surface area contributed by atoms with Gasteiger partial charge in [-0.15, -0.1) is 0 Å². The minimum absolute atomic E-state index is 0.184. The van der Waals surface area contributed by atoms with Gasteiger partial charge in [0.05, 0.1) is 5.69 Å². The molecule has 0 unspecified atom stereocenters. The van der Waals surface area contributed by atoms with Crippen molar-refractivity contribution in [2.45, 2.75) is 19.6 Å². The third kappa shape index (κ3) is 4.48. The molecule has 1 N–H and O–H groups in total. The van der Waals surface area contributed by atoms with Crippen molar-refractivity contribution in [3.63, 3.8) is 0 Å². The number of rotatable bonds is 3. The molecule has 0 spiro atoms. The Bertz CT molecular complexity index is 482. The van der Waals surface area contributed by atoms with Crippen molar-refractivity contribution in [1.29, 1.82) is 0 Å². The first-order valence-corrected chi connectivity index (χ1v) is 5.03. The SMILES string of the molecule is CCn1cc(NC(=O)OCC(F)(F)F)ccc1=O. The average molecular weight is 264 g/mol. The molecule has 8 heteroatoms. The predicted octanol–water partition coefficient (Wildman–Crippen LogP) is 1.98. The molecule has 1 aromatic rings. The second-order valence-corrected chi connectivity index (χ2v) is 3.36.